The van der Waals surface area contributed by atoms with Crippen molar-refractivity contribution in [2.24, 2.45) is 5.73 Å². The smallest absolute Gasteiger partial charge is 0.335 e. The predicted octanol–water partition coefficient (Wildman–Crippen LogP) is -1.62. The summed E-state index contributed by atoms with van der Waals surface area (Å²) >= 11 is 0. The largest absolute Gasteiger partial charge is 0.479 e. The number of nitrogens with one attached hydrogen (secondary N) is 2. The second-order valence-corrected chi connectivity index (χ2v) is 6.47. The van der Waals surface area contributed by atoms with Crippen molar-refractivity contribution in [1.29, 1.82) is 0 Å². The van der Waals surface area contributed by atoms with Crippen LogP contribution < -0.4 is 21.1 Å². The maximum Gasteiger partial charge on any atom is 0.335 e. The number of carboxylic acids is 1. The Bertz CT molecular complexity index is 765. The number of hydrogen-bond donors (Lipinski definition) is 7. The zero-order valence-corrected chi connectivity index (χ0v) is 15.7. The lowest BCUT2D eigenvalue weighted by atomic mass is 9.99. The number of aliphatic carboxylic acids is 1. The number of carbonyl (C=O) groups excluding carboxylic acids is 1. The van der Waals surface area contributed by atoms with Crippen LogP contribution in [0.2, 0.25) is 0 Å². The normalized spacial score (nSPS) is 27.5. The summed E-state index contributed by atoms with van der Waals surface area (Å²) in [6.07, 6.45) is -12.7. The molecule has 1 amide bonds. The first-order valence-electron chi connectivity index (χ1n) is 8.80. The zero-order valence-electron chi connectivity index (χ0n) is 15.7. The third-order valence-corrected chi connectivity index (χ3v) is 4.47. The molecule has 8 N–H and O–H groups in total. The van der Waals surface area contributed by atoms with E-state index in [1.807, 2.05) is 0 Å². The Morgan fingerprint density at radius 3 is 2.43 bits per heavy atom. The molecule has 2 rings (SSSR count). The number of ether oxygens (including phenoxy) is 2. The lowest BCUT2D eigenvalue weighted by Crippen LogP contribution is -2.61. The Morgan fingerprint density at radius 1 is 1.23 bits per heavy atom. The summed E-state index contributed by atoms with van der Waals surface area (Å²) in [5.41, 5.74) is 4.75. The number of aliphatic hydroxyl groups excluding tert-OH is 3. The molecule has 1 aliphatic heterocycles. The highest BCUT2D eigenvalue weighted by Crippen LogP contribution is 2.34. The minimum atomic E-state index is -3.07. The van der Waals surface area contributed by atoms with E-state index in [0.29, 0.717) is 0 Å². The van der Waals surface area contributed by atoms with Gasteiger partial charge in [-0.25, -0.2) is 13.6 Å². The average molecular weight is 435 g/mol. The number of nitrogens with two attached hydrogens (primary N) is 1. The van der Waals surface area contributed by atoms with Gasteiger partial charge in [-0.05, 0) is 25.2 Å². The molecule has 0 radical (unpaired) electrons. The third kappa shape index (κ3) is 5.19. The van der Waals surface area contributed by atoms with Gasteiger partial charge in [-0.15, -0.1) is 0 Å². The van der Waals surface area contributed by atoms with Gasteiger partial charge in [0, 0.05) is 12.2 Å². The van der Waals surface area contributed by atoms with E-state index in [1.165, 1.54) is 13.1 Å². The Hall–Kier alpha value is -2.42. The van der Waals surface area contributed by atoms with Gasteiger partial charge < -0.3 is 46.3 Å². The number of carboxylic acid groups (broad SMARTS) is 1. The average Bonchev–Trinajstić information content (AvgIpc) is 2.69. The molecule has 6 unspecified atom stereocenters. The Balaban J connectivity index is 2.24. The minimum Gasteiger partial charge on any atom is -0.479 e. The summed E-state index contributed by atoms with van der Waals surface area (Å²) in [4.78, 5) is 23.2. The molecule has 6 atom stereocenters. The van der Waals surface area contributed by atoms with Gasteiger partial charge in [0.25, 0.3) is 6.43 Å². The second kappa shape index (κ2) is 10.1. The number of aliphatic hydroxyl groups is 3. The van der Waals surface area contributed by atoms with Crippen LogP contribution in [0.5, 0.6) is 5.75 Å². The van der Waals surface area contributed by atoms with E-state index in [0.717, 1.165) is 12.1 Å². The van der Waals surface area contributed by atoms with Crippen molar-refractivity contribution in [1.82, 2.24) is 5.32 Å². The van der Waals surface area contributed by atoms with Crippen molar-refractivity contribution in [3.63, 3.8) is 0 Å². The first kappa shape index (κ1) is 23.9. The molecule has 30 heavy (non-hydrogen) atoms. The fourth-order valence-electron chi connectivity index (χ4n) is 2.76. The maximum atomic E-state index is 13.5. The summed E-state index contributed by atoms with van der Waals surface area (Å²) in [6, 6.07) is 2.47. The molecule has 11 nitrogen and oxygen atoms in total. The number of likely N-dealkylation sites (N-methyl/N-ethyl adjacent to an activating group) is 1. The van der Waals surface area contributed by atoms with Crippen LogP contribution in [0.1, 0.15) is 12.0 Å². The van der Waals surface area contributed by atoms with Crippen molar-refractivity contribution in [2.45, 2.75) is 43.2 Å². The molecule has 168 valence electrons. The van der Waals surface area contributed by atoms with Crippen LogP contribution in [0.3, 0.4) is 0 Å². The first-order chi connectivity index (χ1) is 14.1. The summed E-state index contributed by atoms with van der Waals surface area (Å²) in [5.74, 6) is -2.68. The lowest BCUT2D eigenvalue weighted by Gasteiger charge is -2.38. The highest BCUT2D eigenvalue weighted by atomic mass is 19.3. The van der Waals surface area contributed by atoms with Crippen LogP contribution >= 0.6 is 0 Å². The molecule has 1 heterocycles. The Kier molecular flexibility index (Phi) is 8.00. The van der Waals surface area contributed by atoms with E-state index in [1.54, 1.807) is 0 Å². The van der Waals surface area contributed by atoms with E-state index in [-0.39, 0.29) is 12.2 Å². The van der Waals surface area contributed by atoms with Crippen LogP contribution in [0.15, 0.2) is 18.2 Å². The van der Waals surface area contributed by atoms with Gasteiger partial charge in [-0.2, -0.15) is 0 Å². The summed E-state index contributed by atoms with van der Waals surface area (Å²) < 4.78 is 37.1. The monoisotopic (exact) mass is 435 g/mol. The fourth-order valence-corrected chi connectivity index (χ4v) is 2.76. The number of anilines is 1. The molecule has 1 aromatic rings. The maximum absolute atomic E-state index is 13.5. The first-order valence-corrected chi connectivity index (χ1v) is 8.80. The van der Waals surface area contributed by atoms with E-state index in [9.17, 15) is 33.7 Å². The predicted molar refractivity (Wildman–Crippen MR) is 96.9 cm³/mol. The summed E-state index contributed by atoms with van der Waals surface area (Å²) in [6.45, 7) is -0.0267. The number of rotatable bonds is 8. The van der Waals surface area contributed by atoms with Crippen LogP contribution in [0.25, 0.3) is 0 Å². The van der Waals surface area contributed by atoms with Crippen LogP contribution in [-0.2, 0) is 14.3 Å². The lowest BCUT2D eigenvalue weighted by molar-refractivity contribution is -0.271. The summed E-state index contributed by atoms with van der Waals surface area (Å²) in [5, 5.41) is 43.5. The molecule has 0 aromatic heterocycles. The number of alkyl halides is 2. The van der Waals surface area contributed by atoms with Crippen molar-refractivity contribution in [3.8, 4) is 5.75 Å². The zero-order chi connectivity index (χ0) is 22.6. The van der Waals surface area contributed by atoms with Gasteiger partial charge >= 0.3 is 5.97 Å². The molecule has 1 aliphatic rings. The van der Waals surface area contributed by atoms with E-state index < -0.39 is 66.4 Å². The molecular formula is C17H23F2N3O8. The number of hydrogen-bond acceptors (Lipinski definition) is 9. The molecule has 1 fully saturated rings. The molecule has 0 aliphatic carbocycles. The highest BCUT2D eigenvalue weighted by molar-refractivity contribution is 5.95. The highest BCUT2D eigenvalue weighted by Gasteiger charge is 2.48. The molecule has 0 saturated carbocycles. The quantitative estimate of drug-likeness (QED) is 0.250. The van der Waals surface area contributed by atoms with Crippen LogP contribution in [0, 0.1) is 0 Å². The minimum absolute atomic E-state index is 0.0142. The summed E-state index contributed by atoms with van der Waals surface area (Å²) in [7, 11) is 1.50. The van der Waals surface area contributed by atoms with Crippen molar-refractivity contribution < 1.29 is 48.3 Å². The van der Waals surface area contributed by atoms with E-state index in [2.05, 4.69) is 10.6 Å². The molecule has 0 spiro atoms. The van der Waals surface area contributed by atoms with Gasteiger partial charge in [0.1, 0.15) is 24.1 Å². The molecule has 0 bridgehead atoms. The van der Waals surface area contributed by atoms with Gasteiger partial charge in [0.2, 0.25) is 12.2 Å². The van der Waals surface area contributed by atoms with E-state index in [4.69, 9.17) is 20.3 Å². The number of benzene rings is 1. The Labute approximate surface area is 169 Å². The molecular weight excluding hydrogens is 412 g/mol. The van der Waals surface area contributed by atoms with E-state index >= 15 is 0 Å². The van der Waals surface area contributed by atoms with Crippen LogP contribution in [0.4, 0.5) is 14.5 Å². The number of carbonyl (C=O) groups is 2. The van der Waals surface area contributed by atoms with Crippen molar-refractivity contribution in [2.75, 3.05) is 18.9 Å². The van der Waals surface area contributed by atoms with Gasteiger partial charge in [-0.3, -0.25) is 4.79 Å². The molecule has 13 heteroatoms. The SMILES string of the molecule is CNC(CN)C(=O)Nc1ccc(OC2OC(C(=O)O)C(O)C(O)C2O)c(C(F)F)c1. The number of halogens is 2. The number of amides is 1. The molecule has 1 saturated heterocycles. The van der Waals surface area contributed by atoms with Crippen molar-refractivity contribution >= 4 is 17.6 Å². The third-order valence-electron chi connectivity index (χ3n) is 4.47. The fraction of sp³-hybridized carbons (Fsp3) is 0.529. The topological polar surface area (TPSA) is 184 Å². The second-order valence-electron chi connectivity index (χ2n) is 6.47. The van der Waals surface area contributed by atoms with Gasteiger partial charge in [0.15, 0.2) is 6.10 Å². The van der Waals surface area contributed by atoms with Crippen LogP contribution in [-0.4, -0.2) is 82.6 Å². The molecule has 1 aromatic carbocycles. The van der Waals surface area contributed by atoms with Crippen molar-refractivity contribution in [3.05, 3.63) is 23.8 Å². The standard InChI is InChI=1S/C17H23F2N3O8/c1-21-8(5-20)15(26)22-6-2-3-9(7(4-6)14(18)19)29-17-12(25)10(23)11(24)13(30-17)16(27)28/h2-4,8,10-14,17,21,23-25H,5,20H2,1H3,(H,22,26)(H,27,28). The van der Waals surface area contributed by atoms with Gasteiger partial charge in [-0.1, -0.05) is 0 Å². The van der Waals surface area contributed by atoms with Gasteiger partial charge in [0.05, 0.1) is 11.6 Å². The Morgan fingerprint density at radius 2 is 1.90 bits per heavy atom.